The van der Waals surface area contributed by atoms with E-state index in [4.69, 9.17) is 4.18 Å². The topological polar surface area (TPSA) is 43.4 Å². The third kappa shape index (κ3) is 3.21. The Kier molecular flexibility index (Phi) is 4.04. The molecule has 0 heterocycles. The van der Waals surface area contributed by atoms with E-state index in [1.807, 2.05) is 22.6 Å². The minimum absolute atomic E-state index is 0.0110. The second-order valence-corrected chi connectivity index (χ2v) is 6.27. The van der Waals surface area contributed by atoms with Crippen molar-refractivity contribution in [3.8, 4) is 5.75 Å². The van der Waals surface area contributed by atoms with E-state index < -0.39 is 26.6 Å². The molecule has 0 aliphatic carbocycles. The van der Waals surface area contributed by atoms with Gasteiger partial charge < -0.3 is 4.18 Å². The fourth-order valence-corrected chi connectivity index (χ4v) is 2.80. The first-order chi connectivity index (χ1) is 8.90. The molecule has 0 saturated carbocycles. The van der Waals surface area contributed by atoms with E-state index in [9.17, 15) is 17.2 Å². The number of benzene rings is 2. The molecule has 0 saturated heterocycles. The first-order valence-electron chi connectivity index (χ1n) is 5.04. The fraction of sp³-hybridized carbons (Fsp3) is 0. The maximum absolute atomic E-state index is 13.4. The lowest BCUT2D eigenvalue weighted by Gasteiger charge is -2.08. The van der Waals surface area contributed by atoms with Crippen molar-refractivity contribution in [2.75, 3.05) is 0 Å². The van der Waals surface area contributed by atoms with Crippen LogP contribution in [0.25, 0.3) is 0 Å². The van der Waals surface area contributed by atoms with Crippen LogP contribution in [0.1, 0.15) is 0 Å². The van der Waals surface area contributed by atoms with Gasteiger partial charge in [-0.15, -0.1) is 0 Å². The summed E-state index contributed by atoms with van der Waals surface area (Å²) in [6, 6.07) is 8.82. The summed E-state index contributed by atoms with van der Waals surface area (Å²) in [7, 11) is -4.54. The smallest absolute Gasteiger partial charge is 0.345 e. The van der Waals surface area contributed by atoms with Gasteiger partial charge in [0.2, 0.25) is 0 Å². The summed E-state index contributed by atoms with van der Waals surface area (Å²) in [5.41, 5.74) is 0. The van der Waals surface area contributed by atoms with Gasteiger partial charge in [-0.05, 0) is 59.0 Å². The summed E-state index contributed by atoms with van der Waals surface area (Å²) < 4.78 is 56.0. The zero-order valence-electron chi connectivity index (χ0n) is 9.31. The normalized spacial score (nSPS) is 11.3. The van der Waals surface area contributed by atoms with Crippen LogP contribution < -0.4 is 4.18 Å². The average Bonchev–Trinajstić information content (AvgIpc) is 2.31. The van der Waals surface area contributed by atoms with Crippen LogP contribution in [-0.2, 0) is 10.1 Å². The van der Waals surface area contributed by atoms with Gasteiger partial charge >= 0.3 is 10.1 Å². The molecule has 19 heavy (non-hydrogen) atoms. The van der Waals surface area contributed by atoms with Gasteiger partial charge in [0.1, 0.15) is 17.4 Å². The second-order valence-electron chi connectivity index (χ2n) is 3.54. The molecular weight excluding hydrogens is 389 g/mol. The highest BCUT2D eigenvalue weighted by Gasteiger charge is 2.25. The summed E-state index contributed by atoms with van der Waals surface area (Å²) in [4.78, 5) is -1.09. The molecule has 0 amide bonds. The molecule has 2 aromatic carbocycles. The van der Waals surface area contributed by atoms with Gasteiger partial charge in [-0.3, -0.25) is 0 Å². The Morgan fingerprint density at radius 1 is 0.947 bits per heavy atom. The largest absolute Gasteiger partial charge is 0.379 e. The zero-order chi connectivity index (χ0) is 14.0. The number of hydrogen-bond donors (Lipinski definition) is 0. The van der Waals surface area contributed by atoms with Crippen LogP contribution in [0.2, 0.25) is 0 Å². The Balaban J connectivity index is 2.41. The molecule has 0 aliphatic heterocycles. The number of rotatable bonds is 3. The SMILES string of the molecule is O=S(=O)(Oc1ccc(I)cc1)c1c(F)cccc1F. The van der Waals surface area contributed by atoms with Crippen molar-refractivity contribution in [1.82, 2.24) is 0 Å². The van der Waals surface area contributed by atoms with E-state index in [-0.39, 0.29) is 5.75 Å². The molecule has 0 unspecified atom stereocenters. The lowest BCUT2D eigenvalue weighted by molar-refractivity contribution is 0.460. The zero-order valence-corrected chi connectivity index (χ0v) is 12.3. The van der Waals surface area contributed by atoms with E-state index in [0.29, 0.717) is 0 Å². The third-order valence-electron chi connectivity index (χ3n) is 2.19. The first kappa shape index (κ1) is 14.2. The van der Waals surface area contributed by atoms with Crippen LogP contribution in [-0.4, -0.2) is 8.42 Å². The van der Waals surface area contributed by atoms with Gasteiger partial charge in [0.05, 0.1) is 0 Å². The van der Waals surface area contributed by atoms with E-state index in [1.165, 1.54) is 12.1 Å². The van der Waals surface area contributed by atoms with Crippen LogP contribution in [0.15, 0.2) is 47.4 Å². The van der Waals surface area contributed by atoms with E-state index in [1.54, 1.807) is 12.1 Å². The Hall–Kier alpha value is -1.22. The molecule has 0 bridgehead atoms. The molecule has 2 aromatic rings. The van der Waals surface area contributed by atoms with Crippen LogP contribution in [0, 0.1) is 15.2 Å². The second kappa shape index (κ2) is 5.41. The van der Waals surface area contributed by atoms with E-state index in [2.05, 4.69) is 0 Å². The summed E-state index contributed by atoms with van der Waals surface area (Å²) in [6.07, 6.45) is 0. The highest BCUT2D eigenvalue weighted by molar-refractivity contribution is 14.1. The molecule has 7 heteroatoms. The summed E-state index contributed by atoms with van der Waals surface area (Å²) in [6.45, 7) is 0. The summed E-state index contributed by atoms with van der Waals surface area (Å²) in [5, 5.41) is 0. The highest BCUT2D eigenvalue weighted by Crippen LogP contribution is 2.23. The minimum atomic E-state index is -4.54. The maximum Gasteiger partial charge on any atom is 0.345 e. The van der Waals surface area contributed by atoms with Crippen molar-refractivity contribution in [1.29, 1.82) is 0 Å². The average molecular weight is 396 g/mol. The van der Waals surface area contributed by atoms with Crippen LogP contribution in [0.5, 0.6) is 5.75 Å². The molecule has 0 N–H and O–H groups in total. The Labute approximate surface area is 122 Å². The van der Waals surface area contributed by atoms with Crippen LogP contribution in [0.4, 0.5) is 8.78 Å². The third-order valence-corrected chi connectivity index (χ3v) is 4.21. The van der Waals surface area contributed by atoms with Gasteiger partial charge in [-0.25, -0.2) is 8.78 Å². The highest BCUT2D eigenvalue weighted by atomic mass is 127. The Morgan fingerprint density at radius 2 is 1.47 bits per heavy atom. The van der Waals surface area contributed by atoms with Crippen molar-refractivity contribution in [3.63, 3.8) is 0 Å². The van der Waals surface area contributed by atoms with Crippen molar-refractivity contribution < 1.29 is 21.4 Å². The molecule has 100 valence electrons. The van der Waals surface area contributed by atoms with Crippen LogP contribution >= 0.6 is 22.6 Å². The molecule has 2 rings (SSSR count). The molecule has 0 fully saturated rings. The quantitative estimate of drug-likeness (QED) is 0.591. The van der Waals surface area contributed by atoms with Crippen LogP contribution in [0.3, 0.4) is 0 Å². The number of halogens is 3. The lowest BCUT2D eigenvalue weighted by atomic mass is 10.3. The van der Waals surface area contributed by atoms with Gasteiger partial charge in [0.15, 0.2) is 4.90 Å². The lowest BCUT2D eigenvalue weighted by Crippen LogP contribution is -2.13. The predicted octanol–water partition coefficient (Wildman–Crippen LogP) is 3.34. The van der Waals surface area contributed by atoms with Crippen molar-refractivity contribution in [3.05, 3.63) is 57.7 Å². The molecule has 0 aliphatic rings. The molecule has 3 nitrogen and oxygen atoms in total. The molecule has 0 spiro atoms. The van der Waals surface area contributed by atoms with Gasteiger partial charge in [-0.1, -0.05) is 6.07 Å². The van der Waals surface area contributed by atoms with Gasteiger partial charge in [-0.2, -0.15) is 8.42 Å². The predicted molar refractivity (Wildman–Crippen MR) is 73.3 cm³/mol. The molecular formula is C12H7F2IO3S. The molecule has 0 radical (unpaired) electrons. The van der Waals surface area contributed by atoms with Gasteiger partial charge in [0.25, 0.3) is 0 Å². The number of hydrogen-bond acceptors (Lipinski definition) is 3. The van der Waals surface area contributed by atoms with Crippen molar-refractivity contribution in [2.24, 2.45) is 0 Å². The van der Waals surface area contributed by atoms with Crippen molar-refractivity contribution >= 4 is 32.7 Å². The fourth-order valence-electron chi connectivity index (χ4n) is 1.38. The molecule has 0 atom stereocenters. The maximum atomic E-state index is 13.4. The summed E-state index contributed by atoms with van der Waals surface area (Å²) in [5.74, 6) is -2.39. The molecule has 0 aromatic heterocycles. The summed E-state index contributed by atoms with van der Waals surface area (Å²) >= 11 is 2.03. The van der Waals surface area contributed by atoms with Gasteiger partial charge in [0, 0.05) is 3.57 Å². The Bertz CT molecular complexity index is 679. The van der Waals surface area contributed by atoms with E-state index in [0.717, 1.165) is 21.8 Å². The standard InChI is InChI=1S/C12H7F2IO3S/c13-10-2-1-3-11(14)12(10)19(16,17)18-9-6-4-8(15)5-7-9/h1-7H. The Morgan fingerprint density at radius 3 is 2.00 bits per heavy atom. The first-order valence-corrected chi connectivity index (χ1v) is 7.53. The monoisotopic (exact) mass is 396 g/mol. The minimum Gasteiger partial charge on any atom is -0.379 e. The van der Waals surface area contributed by atoms with Crippen molar-refractivity contribution in [2.45, 2.75) is 4.90 Å². The van der Waals surface area contributed by atoms with E-state index >= 15 is 0 Å².